The largest absolute Gasteiger partial charge is 0.458 e. The second-order valence-electron chi connectivity index (χ2n) is 12.8. The summed E-state index contributed by atoms with van der Waals surface area (Å²) in [5.74, 6) is -5.36. The van der Waals surface area contributed by atoms with Crippen molar-refractivity contribution in [3.63, 3.8) is 0 Å². The third kappa shape index (κ3) is 5.36. The molecule has 7 aliphatic rings. The van der Waals surface area contributed by atoms with E-state index in [-0.39, 0.29) is 11.8 Å². The highest BCUT2D eigenvalue weighted by molar-refractivity contribution is 7.86. The zero-order chi connectivity index (χ0) is 32.9. The number of hydrogen-bond acceptors (Lipinski definition) is 12. The number of esters is 4. The lowest BCUT2D eigenvalue weighted by Gasteiger charge is -2.59. The minimum Gasteiger partial charge on any atom is -0.458 e. The van der Waals surface area contributed by atoms with E-state index in [4.69, 9.17) is 23.5 Å². The summed E-state index contributed by atoms with van der Waals surface area (Å²) in [5.41, 5.74) is -0.723. The minimum absolute atomic E-state index is 0.184. The van der Waals surface area contributed by atoms with E-state index in [0.29, 0.717) is 11.8 Å². The fourth-order valence-corrected chi connectivity index (χ4v) is 8.79. The highest BCUT2D eigenvalue weighted by Gasteiger charge is 2.73. The summed E-state index contributed by atoms with van der Waals surface area (Å²) in [6.07, 6.45) is -10.1. The van der Waals surface area contributed by atoms with Gasteiger partial charge in [-0.05, 0) is 62.7 Å². The Kier molecular flexibility index (Phi) is 7.68. The van der Waals surface area contributed by atoms with Crippen LogP contribution in [0.5, 0.6) is 0 Å². The van der Waals surface area contributed by atoms with Gasteiger partial charge in [0, 0.05) is 0 Å². The van der Waals surface area contributed by atoms with Crippen LogP contribution in [0.25, 0.3) is 0 Å². The maximum Gasteiger partial charge on any atom is 0.432 e. The molecule has 19 heteroatoms. The first kappa shape index (κ1) is 32.3. The number of rotatable bonds is 10. The van der Waals surface area contributed by atoms with Crippen molar-refractivity contribution in [1.82, 2.24) is 0 Å². The maximum atomic E-state index is 13.6. The molecule has 0 spiro atoms. The normalized spacial score (nSPS) is 40.3. The summed E-state index contributed by atoms with van der Waals surface area (Å²) < 4.78 is 127. The molecule has 0 aromatic heterocycles. The standard InChI is InChI=1S/C26H29F5O13S/c1-24(11-3-9-2-10(5-11)6-12(24)4-9)44-22(35)16-15-17-20(43-21(15)34)19(18(16)42-17)40-13(32)7-39-8-14(33)41-23(25(27,28)29)26(30,31)45(36,37)38/h9-12,15-20,23H,2-8H2,1H3,(H,36,37,38). The van der Waals surface area contributed by atoms with Crippen LogP contribution in [0.1, 0.15) is 39.0 Å². The second-order valence-corrected chi connectivity index (χ2v) is 14.3. The highest BCUT2D eigenvalue weighted by Crippen LogP contribution is 2.60. The van der Waals surface area contributed by atoms with Gasteiger partial charge in [-0.3, -0.25) is 14.1 Å². The van der Waals surface area contributed by atoms with Crippen molar-refractivity contribution in [2.45, 2.75) is 86.6 Å². The molecular formula is C26H29F5O13S. The molecule has 252 valence electrons. The number of fused-ring (bicyclic) bond motifs is 1. The van der Waals surface area contributed by atoms with E-state index >= 15 is 0 Å². The molecule has 6 bridgehead atoms. The van der Waals surface area contributed by atoms with Gasteiger partial charge >= 0.3 is 45.4 Å². The van der Waals surface area contributed by atoms with E-state index < -0.39 is 107 Å². The Hall–Kier alpha value is -2.64. The Balaban J connectivity index is 1.05. The van der Waals surface area contributed by atoms with E-state index in [1.807, 2.05) is 6.92 Å². The SMILES string of the molecule is CC1(OC(=O)C2C3OC4C(OC(=O)C42)C3OC(=O)COCC(=O)OC(C(F)(F)F)C(F)(F)S(=O)(=O)O)C2CC3CC(C2)CC1C3. The van der Waals surface area contributed by atoms with Gasteiger partial charge < -0.3 is 28.4 Å². The van der Waals surface area contributed by atoms with Gasteiger partial charge in [0.1, 0.15) is 42.9 Å². The second kappa shape index (κ2) is 10.7. The maximum absolute atomic E-state index is 13.6. The number of halogens is 5. The van der Waals surface area contributed by atoms with Crippen LogP contribution in [-0.4, -0.2) is 97.6 Å². The molecule has 4 aliphatic carbocycles. The number of alkyl halides is 5. The first-order valence-corrected chi connectivity index (χ1v) is 15.7. The average Bonchev–Trinajstić information content (AvgIpc) is 3.53. The third-order valence-electron chi connectivity index (χ3n) is 10.2. The lowest BCUT2D eigenvalue weighted by molar-refractivity contribution is -0.260. The molecule has 13 nitrogen and oxygen atoms in total. The van der Waals surface area contributed by atoms with E-state index in [9.17, 15) is 49.5 Å². The molecule has 7 fully saturated rings. The van der Waals surface area contributed by atoms with E-state index in [1.54, 1.807) is 0 Å². The molecule has 3 saturated heterocycles. The molecule has 4 saturated carbocycles. The van der Waals surface area contributed by atoms with Crippen LogP contribution in [0, 0.1) is 35.5 Å². The van der Waals surface area contributed by atoms with Crippen LogP contribution in [0.2, 0.25) is 0 Å². The zero-order valence-electron chi connectivity index (χ0n) is 23.4. The average molecular weight is 677 g/mol. The third-order valence-corrected chi connectivity index (χ3v) is 11.1. The minimum atomic E-state index is -6.64. The van der Waals surface area contributed by atoms with Crippen molar-refractivity contribution in [1.29, 1.82) is 0 Å². The number of ether oxygens (including phenoxy) is 6. The Morgan fingerprint density at radius 3 is 2.09 bits per heavy atom. The van der Waals surface area contributed by atoms with Crippen molar-refractivity contribution in [3.05, 3.63) is 0 Å². The molecule has 1 N–H and O–H groups in total. The van der Waals surface area contributed by atoms with Gasteiger partial charge in [-0.15, -0.1) is 0 Å². The molecule has 0 radical (unpaired) electrons. The lowest BCUT2D eigenvalue weighted by atomic mass is 9.50. The van der Waals surface area contributed by atoms with Gasteiger partial charge in [0.25, 0.3) is 6.10 Å². The van der Waals surface area contributed by atoms with Crippen LogP contribution >= 0.6 is 0 Å². The van der Waals surface area contributed by atoms with Crippen LogP contribution in [0.15, 0.2) is 0 Å². The quantitative estimate of drug-likeness (QED) is 0.153. The molecule has 0 aromatic rings. The van der Waals surface area contributed by atoms with Gasteiger partial charge in [0.2, 0.25) is 0 Å². The van der Waals surface area contributed by atoms with Crippen molar-refractivity contribution in [2.24, 2.45) is 35.5 Å². The van der Waals surface area contributed by atoms with Gasteiger partial charge in [-0.1, -0.05) is 0 Å². The summed E-state index contributed by atoms with van der Waals surface area (Å²) in [5, 5.41) is -5.94. The summed E-state index contributed by atoms with van der Waals surface area (Å²) in [6.45, 7) is -0.756. The Labute approximate surface area is 252 Å². The monoisotopic (exact) mass is 676 g/mol. The van der Waals surface area contributed by atoms with Gasteiger partial charge in [-0.2, -0.15) is 30.4 Å². The smallest absolute Gasteiger partial charge is 0.432 e. The first-order valence-electron chi connectivity index (χ1n) is 14.3. The predicted octanol–water partition coefficient (Wildman–Crippen LogP) is 1.57. The number of carbonyl (C=O) groups excluding carboxylic acids is 4. The Morgan fingerprint density at radius 1 is 0.956 bits per heavy atom. The Morgan fingerprint density at radius 2 is 1.53 bits per heavy atom. The fraction of sp³-hybridized carbons (Fsp3) is 0.846. The van der Waals surface area contributed by atoms with Crippen molar-refractivity contribution >= 4 is 34.0 Å². The molecule has 3 heterocycles. The van der Waals surface area contributed by atoms with Crippen LogP contribution < -0.4 is 0 Å². The van der Waals surface area contributed by atoms with E-state index in [2.05, 4.69) is 9.47 Å². The molecule has 7 rings (SSSR count). The molecule has 7 unspecified atom stereocenters. The highest BCUT2D eigenvalue weighted by atomic mass is 32.2. The summed E-state index contributed by atoms with van der Waals surface area (Å²) in [4.78, 5) is 50.5. The lowest BCUT2D eigenvalue weighted by Crippen LogP contribution is -2.59. The predicted molar refractivity (Wildman–Crippen MR) is 130 cm³/mol. The molecule has 0 amide bonds. The molecule has 7 atom stereocenters. The van der Waals surface area contributed by atoms with Crippen LogP contribution in [0.4, 0.5) is 22.0 Å². The molecule has 3 aliphatic heterocycles. The number of carbonyl (C=O) groups is 4. The topological polar surface area (TPSA) is 178 Å². The summed E-state index contributed by atoms with van der Waals surface area (Å²) in [6, 6.07) is 0. The zero-order valence-corrected chi connectivity index (χ0v) is 24.3. The van der Waals surface area contributed by atoms with Gasteiger partial charge in [0.15, 0.2) is 12.2 Å². The van der Waals surface area contributed by atoms with Gasteiger partial charge in [-0.25, -0.2) is 9.59 Å². The van der Waals surface area contributed by atoms with Gasteiger partial charge in [0.05, 0.1) is 0 Å². The van der Waals surface area contributed by atoms with Crippen LogP contribution in [-0.2, 0) is 57.7 Å². The molecule has 45 heavy (non-hydrogen) atoms. The van der Waals surface area contributed by atoms with E-state index in [1.165, 1.54) is 6.42 Å². The summed E-state index contributed by atoms with van der Waals surface area (Å²) >= 11 is 0. The van der Waals surface area contributed by atoms with Crippen molar-refractivity contribution < 1.29 is 82.5 Å². The van der Waals surface area contributed by atoms with E-state index in [0.717, 1.165) is 25.7 Å². The summed E-state index contributed by atoms with van der Waals surface area (Å²) in [7, 11) is -6.64. The van der Waals surface area contributed by atoms with Crippen molar-refractivity contribution in [2.75, 3.05) is 13.2 Å². The number of hydrogen-bond donors (Lipinski definition) is 1. The molecular weight excluding hydrogens is 647 g/mol. The van der Waals surface area contributed by atoms with Crippen LogP contribution in [0.3, 0.4) is 0 Å². The first-order chi connectivity index (χ1) is 20.8. The Bertz CT molecular complexity index is 1360. The van der Waals surface area contributed by atoms with Crippen molar-refractivity contribution in [3.8, 4) is 0 Å². The fourth-order valence-electron chi connectivity index (χ4n) is 8.34. The molecule has 0 aromatic carbocycles.